The van der Waals surface area contributed by atoms with Crippen LogP contribution in [0.4, 0.5) is 4.79 Å². The van der Waals surface area contributed by atoms with Gasteiger partial charge in [-0.1, -0.05) is 0 Å². The van der Waals surface area contributed by atoms with Gasteiger partial charge in [0.2, 0.25) is 0 Å². The Hall–Kier alpha value is -0.420. The summed E-state index contributed by atoms with van der Waals surface area (Å²) in [4.78, 5) is 11.2. The maximum absolute atomic E-state index is 11.2. The van der Waals surface area contributed by atoms with Crippen LogP contribution < -0.4 is 10.6 Å². The van der Waals surface area contributed by atoms with Gasteiger partial charge in [-0.2, -0.15) is 11.8 Å². The van der Waals surface area contributed by atoms with E-state index in [0.29, 0.717) is 6.54 Å². The van der Waals surface area contributed by atoms with E-state index in [2.05, 4.69) is 10.6 Å². The number of rotatable bonds is 3. The van der Waals surface area contributed by atoms with Crippen molar-refractivity contribution in [3.8, 4) is 0 Å². The summed E-state index contributed by atoms with van der Waals surface area (Å²) in [5.41, 5.74) is -0.695. The molecule has 14 heavy (non-hydrogen) atoms. The first-order valence-electron chi connectivity index (χ1n) is 4.86. The number of carbonyl (C=O) groups excluding carboxylic acids is 1. The first-order chi connectivity index (χ1) is 6.52. The highest BCUT2D eigenvalue weighted by atomic mass is 32.2. The van der Waals surface area contributed by atoms with Gasteiger partial charge in [0.25, 0.3) is 0 Å². The van der Waals surface area contributed by atoms with Gasteiger partial charge in [0.1, 0.15) is 0 Å². The first-order valence-corrected chi connectivity index (χ1v) is 6.02. The lowest BCUT2D eigenvalue weighted by molar-refractivity contribution is 0.0699. The van der Waals surface area contributed by atoms with Crippen molar-refractivity contribution in [3.63, 3.8) is 0 Å². The van der Waals surface area contributed by atoms with Crippen molar-refractivity contribution in [2.75, 3.05) is 18.1 Å². The summed E-state index contributed by atoms with van der Waals surface area (Å²) in [5, 5.41) is 15.3. The molecule has 1 unspecified atom stereocenters. The zero-order valence-corrected chi connectivity index (χ0v) is 9.49. The molecule has 1 rings (SSSR count). The molecule has 2 amide bonds. The van der Waals surface area contributed by atoms with Crippen LogP contribution in [0.25, 0.3) is 0 Å². The van der Waals surface area contributed by atoms with Crippen LogP contribution in [-0.4, -0.2) is 40.8 Å². The molecule has 1 aliphatic rings. The number of carbonyl (C=O) groups is 1. The van der Waals surface area contributed by atoms with Gasteiger partial charge in [-0.05, 0) is 26.0 Å². The van der Waals surface area contributed by atoms with Gasteiger partial charge in [-0.15, -0.1) is 0 Å². The largest absolute Gasteiger partial charge is 0.387 e. The van der Waals surface area contributed by atoms with E-state index in [0.717, 1.165) is 17.9 Å². The van der Waals surface area contributed by atoms with Crippen molar-refractivity contribution in [1.29, 1.82) is 0 Å². The fraction of sp³-hybridized carbons (Fsp3) is 0.889. The van der Waals surface area contributed by atoms with Gasteiger partial charge in [0.15, 0.2) is 0 Å². The van der Waals surface area contributed by atoms with Gasteiger partial charge in [0.05, 0.1) is 5.60 Å². The Morgan fingerprint density at radius 2 is 2.36 bits per heavy atom. The Morgan fingerprint density at radius 3 is 2.86 bits per heavy atom. The highest BCUT2D eigenvalue weighted by molar-refractivity contribution is 7.99. The number of urea groups is 1. The van der Waals surface area contributed by atoms with Gasteiger partial charge >= 0.3 is 6.03 Å². The van der Waals surface area contributed by atoms with Crippen LogP contribution in [0.2, 0.25) is 0 Å². The van der Waals surface area contributed by atoms with Crippen LogP contribution in [0.5, 0.6) is 0 Å². The molecule has 0 radical (unpaired) electrons. The van der Waals surface area contributed by atoms with E-state index in [-0.39, 0.29) is 12.1 Å². The van der Waals surface area contributed by atoms with Crippen molar-refractivity contribution in [2.45, 2.75) is 31.9 Å². The molecular formula is C9H18N2O2S. The van der Waals surface area contributed by atoms with Gasteiger partial charge in [0, 0.05) is 18.3 Å². The highest BCUT2D eigenvalue weighted by Gasteiger charge is 2.31. The Morgan fingerprint density at radius 1 is 1.64 bits per heavy atom. The van der Waals surface area contributed by atoms with E-state index in [1.807, 2.05) is 13.8 Å². The van der Waals surface area contributed by atoms with E-state index in [9.17, 15) is 9.90 Å². The molecule has 5 heteroatoms. The highest BCUT2D eigenvalue weighted by Crippen LogP contribution is 2.26. The molecule has 0 spiro atoms. The third-order valence-corrected chi connectivity index (χ3v) is 3.31. The van der Waals surface area contributed by atoms with E-state index < -0.39 is 5.60 Å². The van der Waals surface area contributed by atoms with Crippen LogP contribution >= 0.6 is 11.8 Å². The Labute approximate surface area is 88.8 Å². The predicted octanol–water partition coefficient (Wildman–Crippen LogP) is 0.562. The van der Waals surface area contributed by atoms with E-state index in [4.69, 9.17) is 0 Å². The maximum atomic E-state index is 11.2. The Kier molecular flexibility index (Phi) is 4.07. The average Bonchev–Trinajstić information content (AvgIpc) is 2.49. The number of hydrogen-bond donors (Lipinski definition) is 3. The second-order valence-electron chi connectivity index (χ2n) is 4.01. The molecular weight excluding hydrogens is 200 g/mol. The lowest BCUT2D eigenvalue weighted by atomic mass is 10.0. The lowest BCUT2D eigenvalue weighted by Crippen LogP contribution is -2.47. The molecule has 0 aromatic heterocycles. The molecule has 1 saturated heterocycles. The number of nitrogens with one attached hydrogen (secondary N) is 2. The quantitative estimate of drug-likeness (QED) is 0.649. The summed E-state index contributed by atoms with van der Waals surface area (Å²) >= 11 is 1.72. The summed E-state index contributed by atoms with van der Waals surface area (Å²) in [7, 11) is 0. The van der Waals surface area contributed by atoms with Crippen molar-refractivity contribution in [1.82, 2.24) is 10.6 Å². The molecule has 1 aliphatic heterocycles. The second-order valence-corrected chi connectivity index (χ2v) is 5.11. The smallest absolute Gasteiger partial charge is 0.315 e. The summed E-state index contributed by atoms with van der Waals surface area (Å²) in [5.74, 6) is 1.69. The molecule has 1 fully saturated rings. The van der Waals surface area contributed by atoms with Crippen LogP contribution in [0.3, 0.4) is 0 Å². The van der Waals surface area contributed by atoms with Crippen molar-refractivity contribution >= 4 is 17.8 Å². The Balaban J connectivity index is 2.22. The Bertz CT molecular complexity index is 203. The van der Waals surface area contributed by atoms with Crippen LogP contribution in [-0.2, 0) is 0 Å². The van der Waals surface area contributed by atoms with E-state index in [1.165, 1.54) is 0 Å². The van der Waals surface area contributed by atoms with Crippen molar-refractivity contribution in [2.24, 2.45) is 0 Å². The third kappa shape index (κ3) is 3.75. The predicted molar refractivity (Wildman–Crippen MR) is 58.6 cm³/mol. The topological polar surface area (TPSA) is 61.4 Å². The number of hydrogen-bond acceptors (Lipinski definition) is 3. The van der Waals surface area contributed by atoms with E-state index in [1.54, 1.807) is 11.8 Å². The lowest BCUT2D eigenvalue weighted by Gasteiger charge is -2.22. The van der Waals surface area contributed by atoms with Crippen LogP contribution in [0.1, 0.15) is 20.3 Å². The second kappa shape index (κ2) is 4.89. The van der Waals surface area contributed by atoms with Gasteiger partial charge in [-0.25, -0.2) is 4.79 Å². The standard InChI is InChI=1S/C9H18N2O2S/c1-7(2)11-8(12)10-5-9(13)3-4-14-6-9/h7,13H,3-6H2,1-2H3,(H2,10,11,12). The molecule has 1 atom stereocenters. The number of amides is 2. The minimum atomic E-state index is -0.695. The summed E-state index contributed by atoms with van der Waals surface area (Å²) in [6, 6.07) is -0.0760. The van der Waals surface area contributed by atoms with E-state index >= 15 is 0 Å². The minimum absolute atomic E-state index is 0.127. The normalized spacial score (nSPS) is 26.6. The molecule has 82 valence electrons. The number of aliphatic hydroxyl groups is 1. The molecule has 0 saturated carbocycles. The zero-order chi connectivity index (χ0) is 10.6. The maximum Gasteiger partial charge on any atom is 0.315 e. The average molecular weight is 218 g/mol. The van der Waals surface area contributed by atoms with Gasteiger partial charge in [-0.3, -0.25) is 0 Å². The molecule has 0 aromatic rings. The fourth-order valence-corrected chi connectivity index (χ4v) is 2.59. The molecule has 0 bridgehead atoms. The SMILES string of the molecule is CC(C)NC(=O)NCC1(O)CCSC1. The number of thioether (sulfide) groups is 1. The molecule has 0 aromatic carbocycles. The molecule has 4 nitrogen and oxygen atoms in total. The molecule has 3 N–H and O–H groups in total. The van der Waals surface area contributed by atoms with Crippen molar-refractivity contribution < 1.29 is 9.90 Å². The molecule has 1 heterocycles. The van der Waals surface area contributed by atoms with Crippen LogP contribution in [0, 0.1) is 0 Å². The van der Waals surface area contributed by atoms with Crippen LogP contribution in [0.15, 0.2) is 0 Å². The zero-order valence-electron chi connectivity index (χ0n) is 8.67. The minimum Gasteiger partial charge on any atom is -0.387 e. The first kappa shape index (κ1) is 11.7. The third-order valence-electron chi connectivity index (χ3n) is 2.08. The fourth-order valence-electron chi connectivity index (χ4n) is 1.29. The summed E-state index contributed by atoms with van der Waals surface area (Å²) < 4.78 is 0. The summed E-state index contributed by atoms with van der Waals surface area (Å²) in [6.07, 6.45) is 0.764. The monoisotopic (exact) mass is 218 g/mol. The molecule has 0 aliphatic carbocycles. The van der Waals surface area contributed by atoms with Gasteiger partial charge < -0.3 is 15.7 Å². The van der Waals surface area contributed by atoms with Crippen molar-refractivity contribution in [3.05, 3.63) is 0 Å². The summed E-state index contributed by atoms with van der Waals surface area (Å²) in [6.45, 7) is 4.15.